The Morgan fingerprint density at radius 1 is 0.719 bits per heavy atom. The fourth-order valence-electron chi connectivity index (χ4n) is 9.94. The zero-order valence-electron chi connectivity index (χ0n) is 33.4. The molecule has 0 amide bonds. The van der Waals surface area contributed by atoms with Crippen molar-refractivity contribution in [1.82, 2.24) is 0 Å². The van der Waals surface area contributed by atoms with Crippen LogP contribution in [0.2, 0.25) is 0 Å². The molecule has 0 radical (unpaired) electrons. The normalized spacial score (nSPS) is 19.8. The van der Waals surface area contributed by atoms with Gasteiger partial charge in [-0.2, -0.15) is 0 Å². The van der Waals surface area contributed by atoms with Crippen molar-refractivity contribution in [3.05, 3.63) is 155 Å². The van der Waals surface area contributed by atoms with Crippen molar-refractivity contribution in [1.29, 1.82) is 0 Å². The Kier molecular flexibility index (Phi) is 9.19. The van der Waals surface area contributed by atoms with E-state index in [1.165, 1.54) is 56.4 Å². The quantitative estimate of drug-likeness (QED) is 0.155. The van der Waals surface area contributed by atoms with Crippen LogP contribution >= 0.6 is 0 Å². The molecule has 2 saturated heterocycles. The molecular formula is C52H51NO4. The van der Waals surface area contributed by atoms with Gasteiger partial charge in [0.2, 0.25) is 0 Å². The van der Waals surface area contributed by atoms with Crippen molar-refractivity contribution in [2.75, 3.05) is 51.5 Å². The first kappa shape index (κ1) is 36.0. The molecule has 0 bridgehead atoms. The summed E-state index contributed by atoms with van der Waals surface area (Å²) >= 11 is 0. The number of fused-ring (bicyclic) bond motifs is 8. The summed E-state index contributed by atoms with van der Waals surface area (Å²) in [4.78, 5) is 2.45. The number of rotatable bonds is 8. The fraction of sp³-hybridized carbons (Fsp3) is 0.308. The lowest BCUT2D eigenvalue weighted by Gasteiger charge is -2.39. The third-order valence-corrected chi connectivity index (χ3v) is 13.2. The summed E-state index contributed by atoms with van der Waals surface area (Å²) in [5.41, 5.74) is 12.5. The summed E-state index contributed by atoms with van der Waals surface area (Å²) in [7, 11) is 1.72. The summed E-state index contributed by atoms with van der Waals surface area (Å²) in [5.74, 6) is 2.50. The van der Waals surface area contributed by atoms with Gasteiger partial charge in [-0.1, -0.05) is 105 Å². The van der Waals surface area contributed by atoms with Crippen LogP contribution in [0, 0.1) is 5.92 Å². The molecule has 5 heteroatoms. The number of ether oxygens (including phenoxy) is 4. The van der Waals surface area contributed by atoms with Crippen LogP contribution in [0.1, 0.15) is 66.5 Å². The molecule has 0 aromatic heterocycles. The maximum atomic E-state index is 7.74. The molecule has 4 aliphatic rings. The average Bonchev–Trinajstić information content (AvgIpc) is 3.52. The van der Waals surface area contributed by atoms with Gasteiger partial charge in [-0.25, -0.2) is 0 Å². The molecule has 1 atom stereocenters. The van der Waals surface area contributed by atoms with E-state index in [1.807, 2.05) is 12.1 Å². The van der Waals surface area contributed by atoms with Crippen LogP contribution in [0.4, 0.5) is 5.69 Å². The van der Waals surface area contributed by atoms with Gasteiger partial charge in [-0.05, 0) is 112 Å². The molecule has 5 nitrogen and oxygen atoms in total. The van der Waals surface area contributed by atoms with E-state index in [0.717, 1.165) is 98.3 Å². The van der Waals surface area contributed by atoms with Crippen molar-refractivity contribution in [3.63, 3.8) is 0 Å². The number of hydrogen-bond acceptors (Lipinski definition) is 5. The predicted molar refractivity (Wildman–Crippen MR) is 232 cm³/mol. The highest BCUT2D eigenvalue weighted by Crippen LogP contribution is 2.59. The summed E-state index contributed by atoms with van der Waals surface area (Å²) in [6, 6.07) is 42.5. The lowest BCUT2D eigenvalue weighted by atomic mass is 9.76. The summed E-state index contributed by atoms with van der Waals surface area (Å²) < 4.78 is 24.8. The van der Waals surface area contributed by atoms with Crippen LogP contribution in [-0.4, -0.2) is 46.6 Å². The van der Waals surface area contributed by atoms with Crippen LogP contribution in [0.25, 0.3) is 39.1 Å². The number of methoxy groups -OCH3 is 1. The highest BCUT2D eigenvalue weighted by atomic mass is 16.5. The third kappa shape index (κ3) is 6.23. The highest BCUT2D eigenvalue weighted by molar-refractivity contribution is 6.09. The van der Waals surface area contributed by atoms with E-state index in [2.05, 4.69) is 134 Å². The van der Waals surface area contributed by atoms with Gasteiger partial charge in [0.25, 0.3) is 0 Å². The van der Waals surface area contributed by atoms with E-state index in [4.69, 9.17) is 18.9 Å². The SMILES string of the molecule is COc1ccc(C2(c3ccc(CCC4CCOCC4)cc3)C=Cc3c4c(c5ccc(N6CCOCC6)cc5c3O2)-c2ccc(-c3ccccc3)cc2C4(C)C)cc1. The highest BCUT2D eigenvalue weighted by Gasteiger charge is 2.44. The van der Waals surface area contributed by atoms with Gasteiger partial charge >= 0.3 is 0 Å². The van der Waals surface area contributed by atoms with Crippen LogP contribution < -0.4 is 14.4 Å². The lowest BCUT2D eigenvalue weighted by Crippen LogP contribution is -2.36. The van der Waals surface area contributed by atoms with Gasteiger partial charge in [-0.3, -0.25) is 0 Å². The Bertz CT molecular complexity index is 2460. The Morgan fingerprint density at radius 3 is 2.18 bits per heavy atom. The topological polar surface area (TPSA) is 40.2 Å². The zero-order chi connectivity index (χ0) is 38.6. The molecule has 288 valence electrons. The summed E-state index contributed by atoms with van der Waals surface area (Å²) in [6.45, 7) is 9.76. The predicted octanol–water partition coefficient (Wildman–Crippen LogP) is 11.4. The number of nitrogens with zero attached hydrogens (tertiary/aromatic N) is 1. The Hall–Kier alpha value is -5.36. The van der Waals surface area contributed by atoms with Crippen molar-refractivity contribution in [2.24, 2.45) is 5.92 Å². The maximum Gasteiger partial charge on any atom is 0.178 e. The minimum absolute atomic E-state index is 0.267. The Labute approximate surface area is 336 Å². The van der Waals surface area contributed by atoms with Gasteiger partial charge in [0.05, 0.1) is 20.3 Å². The minimum Gasteiger partial charge on any atom is -0.497 e. The molecule has 3 heterocycles. The second-order valence-electron chi connectivity index (χ2n) is 16.8. The Morgan fingerprint density at radius 2 is 1.44 bits per heavy atom. The average molecular weight is 754 g/mol. The van der Waals surface area contributed by atoms with E-state index < -0.39 is 5.60 Å². The second kappa shape index (κ2) is 14.5. The van der Waals surface area contributed by atoms with Gasteiger partial charge in [0.1, 0.15) is 11.5 Å². The maximum absolute atomic E-state index is 7.74. The molecule has 3 aliphatic heterocycles. The molecule has 0 spiro atoms. The van der Waals surface area contributed by atoms with Gasteiger partial charge in [0, 0.05) is 59.5 Å². The number of anilines is 1. The lowest BCUT2D eigenvalue weighted by molar-refractivity contribution is 0.0640. The number of morpholine rings is 1. The van der Waals surface area contributed by atoms with Crippen molar-refractivity contribution in [2.45, 2.75) is 50.5 Å². The second-order valence-corrected chi connectivity index (χ2v) is 16.8. The first-order valence-electron chi connectivity index (χ1n) is 20.8. The molecule has 1 aliphatic carbocycles. The molecule has 6 aromatic rings. The minimum atomic E-state index is -0.856. The van der Waals surface area contributed by atoms with E-state index in [9.17, 15) is 0 Å². The van der Waals surface area contributed by atoms with Gasteiger partial charge in [0.15, 0.2) is 5.60 Å². The number of hydrogen-bond donors (Lipinski definition) is 0. The van der Waals surface area contributed by atoms with Gasteiger partial charge < -0.3 is 23.8 Å². The van der Waals surface area contributed by atoms with E-state index in [-0.39, 0.29) is 5.41 Å². The molecule has 57 heavy (non-hydrogen) atoms. The van der Waals surface area contributed by atoms with E-state index >= 15 is 0 Å². The largest absolute Gasteiger partial charge is 0.497 e. The Balaban J connectivity index is 1.14. The number of aryl methyl sites for hydroxylation is 1. The number of benzene rings is 6. The monoisotopic (exact) mass is 753 g/mol. The molecule has 0 saturated carbocycles. The van der Waals surface area contributed by atoms with Crippen LogP contribution in [0.5, 0.6) is 11.5 Å². The zero-order valence-corrected chi connectivity index (χ0v) is 33.4. The fourth-order valence-corrected chi connectivity index (χ4v) is 9.94. The molecule has 0 N–H and O–H groups in total. The van der Waals surface area contributed by atoms with E-state index in [0.29, 0.717) is 0 Å². The molecular weight excluding hydrogens is 703 g/mol. The van der Waals surface area contributed by atoms with Crippen LogP contribution in [0.3, 0.4) is 0 Å². The first-order valence-corrected chi connectivity index (χ1v) is 20.8. The standard InChI is InChI=1S/C52H51NO4/c1-51(2)47-33-38(37-7-5-4-6-8-37)13-21-44(47)48-43-22-18-41(53-27-31-56-32-28-53)34-46(43)50-45(49(48)51)23-26-52(57-50,40-16-19-42(54-3)20-17-40)39-14-11-35(12-15-39)9-10-36-24-29-55-30-25-36/h4-8,11-23,26,33-34,36H,9-10,24-25,27-32H2,1-3H3. The molecule has 10 rings (SSSR count). The summed E-state index contributed by atoms with van der Waals surface area (Å²) in [5, 5.41) is 2.36. The smallest absolute Gasteiger partial charge is 0.178 e. The van der Waals surface area contributed by atoms with Crippen molar-refractivity contribution in [3.8, 4) is 33.8 Å². The van der Waals surface area contributed by atoms with Gasteiger partial charge in [-0.15, -0.1) is 0 Å². The summed E-state index contributed by atoms with van der Waals surface area (Å²) in [6.07, 6.45) is 9.27. The third-order valence-electron chi connectivity index (χ3n) is 13.2. The first-order chi connectivity index (χ1) is 27.9. The van der Waals surface area contributed by atoms with Crippen LogP contribution in [-0.2, 0) is 26.9 Å². The molecule has 6 aromatic carbocycles. The molecule has 2 fully saturated rings. The van der Waals surface area contributed by atoms with Crippen molar-refractivity contribution < 1.29 is 18.9 Å². The van der Waals surface area contributed by atoms with Crippen molar-refractivity contribution >= 4 is 22.5 Å². The molecule has 1 unspecified atom stereocenters. The van der Waals surface area contributed by atoms with Crippen LogP contribution in [0.15, 0.2) is 121 Å². The van der Waals surface area contributed by atoms with E-state index in [1.54, 1.807) is 7.11 Å².